The number of aliphatic imine (C=N–C) groups is 1. The smallest absolute Gasteiger partial charge is 0.199 e. The zero-order chi connectivity index (χ0) is 21.5. The number of aliphatic hydroxyl groups excluding tert-OH is 1. The van der Waals surface area contributed by atoms with Crippen LogP contribution in [0.25, 0.3) is 5.76 Å². The summed E-state index contributed by atoms with van der Waals surface area (Å²) in [5, 5.41) is 34.3. The first-order valence-electron chi connectivity index (χ1n) is 9.80. The summed E-state index contributed by atoms with van der Waals surface area (Å²) in [7, 11) is 0. The van der Waals surface area contributed by atoms with Gasteiger partial charge in [-0.05, 0) is 29.8 Å². The second-order valence-electron chi connectivity index (χ2n) is 7.44. The summed E-state index contributed by atoms with van der Waals surface area (Å²) < 4.78 is 0. The molecule has 31 heavy (non-hydrogen) atoms. The fourth-order valence-electron chi connectivity index (χ4n) is 4.04. The highest BCUT2D eigenvalue weighted by Crippen LogP contribution is 2.39. The number of hydrogen-bond donors (Lipinski definition) is 3. The van der Waals surface area contributed by atoms with Crippen LogP contribution in [0.1, 0.15) is 33.9 Å². The Morgan fingerprint density at radius 2 is 1.65 bits per heavy atom. The van der Waals surface area contributed by atoms with Gasteiger partial charge in [-0.15, -0.1) is 0 Å². The van der Waals surface area contributed by atoms with Crippen molar-refractivity contribution < 1.29 is 15.1 Å². The quantitative estimate of drug-likeness (QED) is 0.512. The summed E-state index contributed by atoms with van der Waals surface area (Å²) in [4.78, 5) is 17.9. The number of rotatable bonds is 3. The fourth-order valence-corrected chi connectivity index (χ4v) is 4.04. The highest BCUT2D eigenvalue weighted by Gasteiger charge is 2.34. The van der Waals surface area contributed by atoms with E-state index in [0.717, 1.165) is 11.3 Å². The lowest BCUT2D eigenvalue weighted by atomic mass is 9.95. The number of Topliss-reactive ketones (excluding diaryl/α,β-unsaturated/α-hetero) is 1. The van der Waals surface area contributed by atoms with Gasteiger partial charge < -0.3 is 20.9 Å². The third kappa shape index (κ3) is 3.26. The highest BCUT2D eigenvalue weighted by molar-refractivity contribution is 6.36. The van der Waals surface area contributed by atoms with Crippen LogP contribution in [-0.2, 0) is 0 Å². The minimum Gasteiger partial charge on any atom is -0.733 e. The van der Waals surface area contributed by atoms with Crippen LogP contribution < -0.4 is 10.5 Å². The SMILES string of the molecule is O=C1C(C2=Nc3ccccc3N[C@@H](c3ccc(N([O-])O)cc3)C2)=C(O)c2ccccc21. The van der Waals surface area contributed by atoms with Gasteiger partial charge in [0.1, 0.15) is 5.76 Å². The molecule has 154 valence electrons. The fraction of sp³-hybridized carbons (Fsp3) is 0.0833. The van der Waals surface area contributed by atoms with Crippen molar-refractivity contribution in [3.8, 4) is 0 Å². The van der Waals surface area contributed by atoms with Crippen LogP contribution in [0, 0.1) is 5.21 Å². The maximum Gasteiger partial charge on any atom is 0.199 e. The first-order chi connectivity index (χ1) is 15.0. The standard InChI is InChI=1S/C24H18N3O4/c28-23-16-5-1-2-6-17(16)24(29)22(23)21-13-20(14-9-11-15(12-10-14)27(30)31)25-18-7-3-4-8-19(18)26-21/h1-12,20,25,28,30H,13H2/q-1/t20-/m1/s1. The number of allylic oxidation sites excluding steroid dienone is 1. The zero-order valence-corrected chi connectivity index (χ0v) is 16.3. The van der Waals surface area contributed by atoms with Crippen LogP contribution in [0.4, 0.5) is 17.1 Å². The molecule has 2 aliphatic rings. The Labute approximate surface area is 178 Å². The summed E-state index contributed by atoms with van der Waals surface area (Å²) in [6.07, 6.45) is 0.341. The maximum absolute atomic E-state index is 13.1. The Hall–Kier alpha value is -3.94. The number of carbonyl (C=O) groups excluding carboxylic acids is 1. The molecule has 0 saturated carbocycles. The number of hydrogen-bond acceptors (Lipinski definition) is 7. The molecule has 1 heterocycles. The molecule has 3 N–H and O–H groups in total. The van der Waals surface area contributed by atoms with Gasteiger partial charge in [-0.25, -0.2) is 0 Å². The summed E-state index contributed by atoms with van der Waals surface area (Å²) in [5.74, 6) is -0.308. The van der Waals surface area contributed by atoms with Crippen LogP contribution in [-0.4, -0.2) is 21.8 Å². The predicted octanol–water partition coefficient (Wildman–Crippen LogP) is 5.18. The number of ketones is 1. The van der Waals surface area contributed by atoms with E-state index in [4.69, 9.17) is 10.2 Å². The largest absolute Gasteiger partial charge is 0.733 e. The second kappa shape index (κ2) is 7.39. The number of nitrogens with zero attached hydrogens (tertiary/aromatic N) is 2. The number of benzene rings is 3. The Morgan fingerprint density at radius 1 is 0.968 bits per heavy atom. The van der Waals surface area contributed by atoms with Crippen LogP contribution in [0.2, 0.25) is 0 Å². The van der Waals surface area contributed by atoms with Crippen LogP contribution in [0.5, 0.6) is 0 Å². The van der Waals surface area contributed by atoms with Crippen LogP contribution in [0.15, 0.2) is 83.4 Å². The van der Waals surface area contributed by atoms with Crippen molar-refractivity contribution in [3.63, 3.8) is 0 Å². The van der Waals surface area contributed by atoms with Crippen molar-refractivity contribution in [1.82, 2.24) is 0 Å². The van der Waals surface area contributed by atoms with Gasteiger partial charge in [0.15, 0.2) is 5.78 Å². The summed E-state index contributed by atoms with van der Waals surface area (Å²) in [5.41, 5.74) is 4.09. The molecule has 1 aliphatic heterocycles. The molecule has 0 radical (unpaired) electrons. The summed E-state index contributed by atoms with van der Waals surface area (Å²) >= 11 is 0. The number of nitrogens with one attached hydrogen (secondary N) is 1. The first-order valence-corrected chi connectivity index (χ1v) is 9.80. The molecule has 0 fully saturated rings. The highest BCUT2D eigenvalue weighted by atomic mass is 16.8. The lowest BCUT2D eigenvalue weighted by molar-refractivity contribution is 0.104. The predicted molar refractivity (Wildman–Crippen MR) is 119 cm³/mol. The molecule has 1 aliphatic carbocycles. The molecule has 0 spiro atoms. The molecule has 0 unspecified atom stereocenters. The zero-order valence-electron chi connectivity index (χ0n) is 16.3. The third-order valence-electron chi connectivity index (χ3n) is 5.58. The lowest BCUT2D eigenvalue weighted by Gasteiger charge is -2.23. The van der Waals surface area contributed by atoms with E-state index < -0.39 is 0 Å². The minimum atomic E-state index is -0.271. The van der Waals surface area contributed by atoms with E-state index in [1.807, 2.05) is 24.3 Å². The molecule has 0 aromatic heterocycles. The van der Waals surface area contributed by atoms with E-state index in [9.17, 15) is 15.1 Å². The van der Waals surface area contributed by atoms with Crippen molar-refractivity contribution in [2.24, 2.45) is 4.99 Å². The Morgan fingerprint density at radius 3 is 2.35 bits per heavy atom. The average Bonchev–Trinajstić information content (AvgIpc) is 2.93. The van der Waals surface area contributed by atoms with E-state index in [0.29, 0.717) is 28.9 Å². The van der Waals surface area contributed by atoms with Gasteiger partial charge in [0, 0.05) is 17.5 Å². The van der Waals surface area contributed by atoms with Crippen molar-refractivity contribution >= 4 is 34.3 Å². The Balaban J connectivity index is 1.60. The van der Waals surface area contributed by atoms with Gasteiger partial charge in [0.25, 0.3) is 0 Å². The first kappa shape index (κ1) is 19.0. The third-order valence-corrected chi connectivity index (χ3v) is 5.58. The average molecular weight is 412 g/mol. The topological polar surface area (TPSA) is 108 Å². The van der Waals surface area contributed by atoms with Crippen molar-refractivity contribution in [2.45, 2.75) is 12.5 Å². The Kier molecular flexibility index (Phi) is 4.54. The molecule has 3 aromatic rings. The summed E-state index contributed by atoms with van der Waals surface area (Å²) in [6, 6.07) is 20.7. The number of para-hydroxylation sites is 2. The molecular weight excluding hydrogens is 394 g/mol. The van der Waals surface area contributed by atoms with E-state index >= 15 is 0 Å². The van der Waals surface area contributed by atoms with Gasteiger partial charge >= 0.3 is 0 Å². The van der Waals surface area contributed by atoms with E-state index in [1.165, 1.54) is 12.1 Å². The number of carbonyl (C=O) groups is 1. The molecule has 0 saturated heterocycles. The van der Waals surface area contributed by atoms with Gasteiger partial charge in [0.2, 0.25) is 0 Å². The second-order valence-corrected chi connectivity index (χ2v) is 7.44. The molecule has 0 amide bonds. The monoisotopic (exact) mass is 412 g/mol. The van der Waals surface area contributed by atoms with Gasteiger partial charge in [-0.3, -0.25) is 15.0 Å². The van der Waals surface area contributed by atoms with Crippen LogP contribution >= 0.6 is 0 Å². The molecule has 5 rings (SSSR count). The minimum absolute atomic E-state index is 0.0601. The molecule has 1 atom stereocenters. The van der Waals surface area contributed by atoms with Crippen molar-refractivity contribution in [1.29, 1.82) is 0 Å². The Bertz CT molecular complexity index is 1250. The number of fused-ring (bicyclic) bond motifs is 2. The summed E-state index contributed by atoms with van der Waals surface area (Å²) in [6.45, 7) is 0. The van der Waals surface area contributed by atoms with Crippen molar-refractivity contribution in [2.75, 3.05) is 10.5 Å². The van der Waals surface area contributed by atoms with Gasteiger partial charge in [-0.1, -0.05) is 48.5 Å². The molecule has 0 bridgehead atoms. The van der Waals surface area contributed by atoms with Crippen LogP contribution in [0.3, 0.4) is 0 Å². The van der Waals surface area contributed by atoms with Gasteiger partial charge in [-0.2, -0.15) is 0 Å². The number of aliphatic hydroxyl groups is 1. The normalized spacial score (nSPS) is 17.4. The molecule has 7 heteroatoms. The van der Waals surface area contributed by atoms with E-state index in [2.05, 4.69) is 5.32 Å². The molecule has 7 nitrogen and oxygen atoms in total. The van der Waals surface area contributed by atoms with E-state index in [-0.39, 0.29) is 34.1 Å². The lowest BCUT2D eigenvalue weighted by Crippen LogP contribution is -2.18. The van der Waals surface area contributed by atoms with Gasteiger partial charge in [0.05, 0.1) is 34.4 Å². The molecular formula is C24H18N3O4-. The van der Waals surface area contributed by atoms with E-state index in [1.54, 1.807) is 36.4 Å². The maximum atomic E-state index is 13.1. The van der Waals surface area contributed by atoms with Crippen molar-refractivity contribution in [3.05, 3.63) is 100 Å². The number of anilines is 2. The molecule has 3 aromatic carbocycles.